The van der Waals surface area contributed by atoms with Crippen molar-refractivity contribution < 1.29 is 9.53 Å². The van der Waals surface area contributed by atoms with Gasteiger partial charge in [0, 0.05) is 11.4 Å². The molecule has 3 aromatic rings. The number of nitrogens with zero attached hydrogens (tertiary/aromatic N) is 4. The lowest BCUT2D eigenvalue weighted by atomic mass is 9.94. The number of rotatable bonds is 4. The number of thiophene rings is 1. The molecule has 3 heterocycles. The van der Waals surface area contributed by atoms with Gasteiger partial charge in [0.15, 0.2) is 5.69 Å². The molecule has 1 aliphatic rings. The van der Waals surface area contributed by atoms with E-state index >= 15 is 0 Å². The van der Waals surface area contributed by atoms with E-state index in [2.05, 4.69) is 50.9 Å². The lowest BCUT2D eigenvalue weighted by Crippen LogP contribution is -2.37. The van der Waals surface area contributed by atoms with Gasteiger partial charge in [0.05, 0.1) is 26.0 Å². The van der Waals surface area contributed by atoms with Crippen LogP contribution in [0.25, 0.3) is 0 Å². The van der Waals surface area contributed by atoms with Crippen LogP contribution in [0.5, 0.6) is 0 Å². The number of benzene rings is 1. The van der Waals surface area contributed by atoms with E-state index in [0.717, 1.165) is 13.0 Å². The van der Waals surface area contributed by atoms with Crippen molar-refractivity contribution in [2.24, 2.45) is 0 Å². The van der Waals surface area contributed by atoms with Crippen molar-refractivity contribution in [3.8, 4) is 0 Å². The van der Waals surface area contributed by atoms with E-state index in [1.54, 1.807) is 10.9 Å². The number of ether oxygens (including phenoxy) is 1. The van der Waals surface area contributed by atoms with E-state index in [0.29, 0.717) is 6.67 Å². The van der Waals surface area contributed by atoms with Crippen molar-refractivity contribution in [3.05, 3.63) is 69.7 Å². The predicted octanol–water partition coefficient (Wildman–Crippen LogP) is 2.73. The molecule has 128 valence electrons. The first-order chi connectivity index (χ1) is 12.3. The van der Waals surface area contributed by atoms with Gasteiger partial charge < -0.3 is 4.74 Å². The van der Waals surface area contributed by atoms with Crippen LogP contribution in [0, 0.1) is 0 Å². The van der Waals surface area contributed by atoms with E-state index in [9.17, 15) is 4.79 Å². The number of methoxy groups -OCH3 is 1. The Morgan fingerprint density at radius 2 is 2.16 bits per heavy atom. The Hall–Kier alpha value is -2.51. The summed E-state index contributed by atoms with van der Waals surface area (Å²) in [6.45, 7) is 1.50. The zero-order chi connectivity index (χ0) is 17.2. The summed E-state index contributed by atoms with van der Waals surface area (Å²) in [4.78, 5) is 15.4. The largest absolute Gasteiger partial charge is 0.464 e. The molecule has 0 radical (unpaired) electrons. The first kappa shape index (κ1) is 16.0. The predicted molar refractivity (Wildman–Crippen MR) is 94.4 cm³/mol. The molecular formula is C18H18N4O2S. The summed E-state index contributed by atoms with van der Waals surface area (Å²) in [5.41, 5.74) is 2.85. The summed E-state index contributed by atoms with van der Waals surface area (Å²) < 4.78 is 6.39. The maximum Gasteiger partial charge on any atom is 0.360 e. The Labute approximate surface area is 149 Å². The SMILES string of the molecule is COC(=O)c1cn(CN2CCc3sccc3C2c2ccccc2)nn1. The summed E-state index contributed by atoms with van der Waals surface area (Å²) in [7, 11) is 1.34. The number of aromatic nitrogens is 3. The fourth-order valence-corrected chi connectivity index (χ4v) is 4.20. The van der Waals surface area contributed by atoms with Crippen molar-refractivity contribution in [1.82, 2.24) is 19.9 Å². The molecular weight excluding hydrogens is 336 g/mol. The Balaban J connectivity index is 1.64. The number of hydrogen-bond acceptors (Lipinski definition) is 6. The Morgan fingerprint density at radius 1 is 1.32 bits per heavy atom. The van der Waals surface area contributed by atoms with Gasteiger partial charge in [-0.1, -0.05) is 35.5 Å². The van der Waals surface area contributed by atoms with Gasteiger partial charge in [-0.3, -0.25) is 4.90 Å². The van der Waals surface area contributed by atoms with Gasteiger partial charge in [-0.25, -0.2) is 9.48 Å². The van der Waals surface area contributed by atoms with E-state index in [1.807, 2.05) is 17.4 Å². The lowest BCUT2D eigenvalue weighted by Gasteiger charge is -2.35. The average Bonchev–Trinajstić information content (AvgIpc) is 3.31. The molecule has 4 rings (SSSR count). The molecule has 25 heavy (non-hydrogen) atoms. The molecule has 1 aliphatic heterocycles. The van der Waals surface area contributed by atoms with Crippen LogP contribution in [0.1, 0.15) is 32.5 Å². The standard InChI is InChI=1S/C18H18N4O2S/c1-24-18(23)15-11-22(20-19-15)12-21-9-7-16-14(8-10-25-16)17(21)13-5-3-2-4-6-13/h2-6,8,10-11,17H,7,9,12H2,1H3. The normalized spacial score (nSPS) is 17.2. The van der Waals surface area contributed by atoms with E-state index in [-0.39, 0.29) is 11.7 Å². The monoisotopic (exact) mass is 354 g/mol. The van der Waals surface area contributed by atoms with Crippen LogP contribution >= 0.6 is 11.3 Å². The highest BCUT2D eigenvalue weighted by atomic mass is 32.1. The number of fused-ring (bicyclic) bond motifs is 1. The van der Waals surface area contributed by atoms with Gasteiger partial charge in [-0.2, -0.15) is 0 Å². The van der Waals surface area contributed by atoms with Crippen molar-refractivity contribution in [2.75, 3.05) is 13.7 Å². The first-order valence-electron chi connectivity index (χ1n) is 8.10. The molecule has 0 aliphatic carbocycles. The van der Waals surface area contributed by atoms with Crippen LogP contribution in [0.3, 0.4) is 0 Å². The third-order valence-electron chi connectivity index (χ3n) is 4.44. The minimum absolute atomic E-state index is 0.182. The molecule has 1 atom stereocenters. The summed E-state index contributed by atoms with van der Waals surface area (Å²) >= 11 is 1.82. The van der Waals surface area contributed by atoms with Crippen molar-refractivity contribution >= 4 is 17.3 Å². The third kappa shape index (κ3) is 3.08. The zero-order valence-corrected chi connectivity index (χ0v) is 14.6. The molecule has 1 aromatic carbocycles. The quantitative estimate of drug-likeness (QED) is 0.674. The van der Waals surface area contributed by atoms with Gasteiger partial charge in [0.25, 0.3) is 0 Å². The maximum absolute atomic E-state index is 11.6. The van der Waals surface area contributed by atoms with Crippen LogP contribution < -0.4 is 0 Å². The van der Waals surface area contributed by atoms with Gasteiger partial charge in [-0.05, 0) is 29.0 Å². The van der Waals surface area contributed by atoms with Crippen LogP contribution in [0.2, 0.25) is 0 Å². The number of esters is 1. The first-order valence-corrected chi connectivity index (χ1v) is 8.98. The van der Waals surface area contributed by atoms with Crippen molar-refractivity contribution in [1.29, 1.82) is 0 Å². The fourth-order valence-electron chi connectivity index (χ4n) is 3.30. The highest BCUT2D eigenvalue weighted by Crippen LogP contribution is 2.37. The summed E-state index contributed by atoms with van der Waals surface area (Å²) in [6.07, 6.45) is 2.66. The molecule has 0 fully saturated rings. The van der Waals surface area contributed by atoms with Crippen LogP contribution in [-0.2, 0) is 17.8 Å². The lowest BCUT2D eigenvalue weighted by molar-refractivity contribution is 0.0594. The second-order valence-corrected chi connectivity index (χ2v) is 6.95. The molecule has 0 amide bonds. The van der Waals surface area contributed by atoms with Gasteiger partial charge >= 0.3 is 5.97 Å². The van der Waals surface area contributed by atoms with Crippen molar-refractivity contribution in [2.45, 2.75) is 19.1 Å². The fraction of sp³-hybridized carbons (Fsp3) is 0.278. The second kappa shape index (κ2) is 6.78. The highest BCUT2D eigenvalue weighted by molar-refractivity contribution is 7.10. The van der Waals surface area contributed by atoms with Gasteiger partial charge in [0.2, 0.25) is 0 Å². The molecule has 1 unspecified atom stereocenters. The molecule has 7 heteroatoms. The topological polar surface area (TPSA) is 60.2 Å². The minimum atomic E-state index is -0.468. The zero-order valence-electron chi connectivity index (χ0n) is 13.8. The van der Waals surface area contributed by atoms with Crippen LogP contribution in [0.15, 0.2) is 48.0 Å². The highest BCUT2D eigenvalue weighted by Gasteiger charge is 2.30. The molecule has 0 N–H and O–H groups in total. The number of carbonyl (C=O) groups is 1. The maximum atomic E-state index is 11.6. The van der Waals surface area contributed by atoms with E-state index in [1.165, 1.54) is 23.1 Å². The Kier molecular flexibility index (Phi) is 4.33. The number of carbonyl (C=O) groups excluding carboxylic acids is 1. The van der Waals surface area contributed by atoms with Crippen molar-refractivity contribution in [3.63, 3.8) is 0 Å². The molecule has 2 aromatic heterocycles. The average molecular weight is 354 g/mol. The molecule has 0 bridgehead atoms. The second-order valence-electron chi connectivity index (χ2n) is 5.95. The van der Waals surface area contributed by atoms with E-state index < -0.39 is 5.97 Å². The molecule has 0 spiro atoms. The molecule has 0 saturated heterocycles. The van der Waals surface area contributed by atoms with Gasteiger partial charge in [-0.15, -0.1) is 16.4 Å². The summed E-state index contributed by atoms with van der Waals surface area (Å²) in [6, 6.07) is 12.9. The third-order valence-corrected chi connectivity index (χ3v) is 5.44. The van der Waals surface area contributed by atoms with Crippen LogP contribution in [-0.4, -0.2) is 39.5 Å². The molecule has 0 saturated carbocycles. The smallest absolute Gasteiger partial charge is 0.360 e. The minimum Gasteiger partial charge on any atom is -0.464 e. The van der Waals surface area contributed by atoms with Crippen LogP contribution in [0.4, 0.5) is 0 Å². The molecule has 6 nitrogen and oxygen atoms in total. The van der Waals surface area contributed by atoms with Gasteiger partial charge in [0.1, 0.15) is 0 Å². The number of hydrogen-bond donors (Lipinski definition) is 0. The Bertz CT molecular complexity index is 874. The summed E-state index contributed by atoms with van der Waals surface area (Å²) in [5.74, 6) is -0.468. The summed E-state index contributed by atoms with van der Waals surface area (Å²) in [5, 5.41) is 10.1. The van der Waals surface area contributed by atoms with E-state index in [4.69, 9.17) is 4.74 Å². The Morgan fingerprint density at radius 3 is 2.96 bits per heavy atom.